The predicted octanol–water partition coefficient (Wildman–Crippen LogP) is 3.09. The highest BCUT2D eigenvalue weighted by atomic mass is 19.4. The lowest BCUT2D eigenvalue weighted by Gasteiger charge is -2.11. The molecule has 108 valence electrons. The molecule has 0 bridgehead atoms. The van der Waals surface area contributed by atoms with Gasteiger partial charge in [0.15, 0.2) is 5.52 Å². The summed E-state index contributed by atoms with van der Waals surface area (Å²) in [6.45, 7) is 0. The van der Waals surface area contributed by atoms with Crippen LogP contribution in [0.4, 0.5) is 24.5 Å². The lowest BCUT2D eigenvalue weighted by Crippen LogP contribution is -2.05. The Morgan fingerprint density at radius 2 is 1.95 bits per heavy atom. The summed E-state index contributed by atoms with van der Waals surface area (Å²) in [4.78, 5) is 3.71. The van der Waals surface area contributed by atoms with Gasteiger partial charge in [0.25, 0.3) is 0 Å². The van der Waals surface area contributed by atoms with Crippen molar-refractivity contribution >= 4 is 22.5 Å². The van der Waals surface area contributed by atoms with Crippen LogP contribution in [0.5, 0.6) is 5.88 Å². The molecule has 0 aliphatic rings. The van der Waals surface area contributed by atoms with Crippen molar-refractivity contribution < 1.29 is 22.9 Å². The molecule has 2 N–H and O–H groups in total. The van der Waals surface area contributed by atoms with Crippen molar-refractivity contribution in [3.05, 3.63) is 35.9 Å². The smallest absolute Gasteiger partial charge is 0.416 e. The van der Waals surface area contributed by atoms with E-state index in [1.165, 1.54) is 18.2 Å². The van der Waals surface area contributed by atoms with Crippen LogP contribution in [0.1, 0.15) is 5.56 Å². The quantitative estimate of drug-likeness (QED) is 0.756. The van der Waals surface area contributed by atoms with Crippen LogP contribution in [0.2, 0.25) is 0 Å². The van der Waals surface area contributed by atoms with Crippen LogP contribution < -0.4 is 5.32 Å². The Kier molecular flexibility index (Phi) is 2.89. The normalized spacial score (nSPS) is 11.8. The number of alkyl halides is 3. The topological polar surface area (TPSA) is 84.1 Å². The van der Waals surface area contributed by atoms with Gasteiger partial charge in [-0.15, -0.1) is 0 Å². The Balaban J connectivity index is 1.96. The molecule has 2 heterocycles. The molecule has 0 spiro atoms. The van der Waals surface area contributed by atoms with Gasteiger partial charge in [0.2, 0.25) is 11.5 Å². The predicted molar refractivity (Wildman–Crippen MR) is 66.0 cm³/mol. The second-order valence-electron chi connectivity index (χ2n) is 4.17. The summed E-state index contributed by atoms with van der Waals surface area (Å²) in [5.41, 5.74) is -0.191. The van der Waals surface area contributed by atoms with Crippen LogP contribution in [0.15, 0.2) is 35.0 Å². The monoisotopic (exact) mass is 296 g/mol. The van der Waals surface area contributed by atoms with Crippen molar-refractivity contribution in [2.75, 3.05) is 5.32 Å². The molecular formula is C12H7F3N4O2. The average Bonchev–Trinajstić information content (AvgIpc) is 2.85. The molecule has 1 aromatic carbocycles. The SMILES string of the molecule is Oc1nc2nonc2cc1Nc1cccc(C(F)(F)F)c1. The molecule has 0 saturated carbocycles. The second kappa shape index (κ2) is 4.62. The van der Waals surface area contributed by atoms with E-state index in [0.717, 1.165) is 12.1 Å². The first-order valence-electron chi connectivity index (χ1n) is 5.70. The Morgan fingerprint density at radius 1 is 1.14 bits per heavy atom. The Morgan fingerprint density at radius 3 is 2.71 bits per heavy atom. The number of rotatable bonds is 2. The fourth-order valence-electron chi connectivity index (χ4n) is 1.74. The van der Waals surface area contributed by atoms with E-state index in [9.17, 15) is 18.3 Å². The van der Waals surface area contributed by atoms with Gasteiger partial charge in [-0.2, -0.15) is 18.2 Å². The van der Waals surface area contributed by atoms with E-state index in [1.54, 1.807) is 0 Å². The number of fused-ring (bicyclic) bond motifs is 1. The van der Waals surface area contributed by atoms with E-state index in [0.29, 0.717) is 0 Å². The van der Waals surface area contributed by atoms with Gasteiger partial charge in [0.05, 0.1) is 5.56 Å². The maximum Gasteiger partial charge on any atom is 0.416 e. The fraction of sp³-hybridized carbons (Fsp3) is 0.0833. The number of anilines is 2. The van der Waals surface area contributed by atoms with E-state index in [1.807, 2.05) is 0 Å². The summed E-state index contributed by atoms with van der Waals surface area (Å²) < 4.78 is 42.3. The zero-order valence-corrected chi connectivity index (χ0v) is 10.2. The molecule has 0 aliphatic heterocycles. The number of nitrogens with zero attached hydrogens (tertiary/aromatic N) is 3. The van der Waals surface area contributed by atoms with Gasteiger partial charge in [-0.05, 0) is 28.5 Å². The van der Waals surface area contributed by atoms with Gasteiger partial charge < -0.3 is 10.4 Å². The molecule has 0 atom stereocenters. The van der Waals surface area contributed by atoms with Gasteiger partial charge in [0, 0.05) is 11.8 Å². The molecule has 3 rings (SSSR count). The lowest BCUT2D eigenvalue weighted by atomic mass is 10.2. The molecule has 0 radical (unpaired) electrons. The van der Waals surface area contributed by atoms with Crippen molar-refractivity contribution in [1.82, 2.24) is 15.3 Å². The zero-order valence-electron chi connectivity index (χ0n) is 10.2. The average molecular weight is 296 g/mol. The number of hydrogen-bond donors (Lipinski definition) is 2. The zero-order chi connectivity index (χ0) is 15.0. The number of halogens is 3. The van der Waals surface area contributed by atoms with Gasteiger partial charge in [-0.3, -0.25) is 0 Å². The summed E-state index contributed by atoms with van der Waals surface area (Å²) in [6.07, 6.45) is -4.45. The highest BCUT2D eigenvalue weighted by Gasteiger charge is 2.30. The van der Waals surface area contributed by atoms with E-state index >= 15 is 0 Å². The largest absolute Gasteiger partial charge is 0.492 e. The van der Waals surface area contributed by atoms with Crippen molar-refractivity contribution in [2.24, 2.45) is 0 Å². The second-order valence-corrected chi connectivity index (χ2v) is 4.17. The van der Waals surface area contributed by atoms with Gasteiger partial charge in [-0.1, -0.05) is 6.07 Å². The first kappa shape index (κ1) is 13.2. The third-order valence-electron chi connectivity index (χ3n) is 2.70. The fourth-order valence-corrected chi connectivity index (χ4v) is 1.74. The van der Waals surface area contributed by atoms with Crippen molar-refractivity contribution in [1.29, 1.82) is 0 Å². The number of nitrogens with one attached hydrogen (secondary N) is 1. The minimum Gasteiger partial charge on any atom is -0.492 e. The van der Waals surface area contributed by atoms with Gasteiger partial charge in [0.1, 0.15) is 5.69 Å². The summed E-state index contributed by atoms with van der Waals surface area (Å²) in [5, 5.41) is 19.3. The molecular weight excluding hydrogens is 289 g/mol. The summed E-state index contributed by atoms with van der Waals surface area (Å²) in [7, 11) is 0. The molecule has 21 heavy (non-hydrogen) atoms. The van der Waals surface area contributed by atoms with Crippen LogP contribution in [0.25, 0.3) is 11.2 Å². The standard InChI is InChI=1S/C12H7F3N4O2/c13-12(14,15)6-2-1-3-7(4-6)16-9-5-8-10(17-11(9)20)19-21-18-8/h1-5,16H,(H,17,19,20). The molecule has 0 unspecified atom stereocenters. The molecule has 0 amide bonds. The first-order valence-corrected chi connectivity index (χ1v) is 5.70. The van der Waals surface area contributed by atoms with Crippen molar-refractivity contribution in [3.8, 4) is 5.88 Å². The minimum absolute atomic E-state index is 0.0949. The Hall–Kier alpha value is -2.84. The van der Waals surface area contributed by atoms with Crippen LogP contribution in [0, 0.1) is 0 Å². The third kappa shape index (κ3) is 2.57. The number of aromatic hydroxyl groups is 1. The highest BCUT2D eigenvalue weighted by molar-refractivity contribution is 5.78. The Labute approximate surface area is 115 Å². The number of pyridine rings is 1. The van der Waals surface area contributed by atoms with Gasteiger partial charge in [-0.25, -0.2) is 4.63 Å². The van der Waals surface area contributed by atoms with E-state index in [4.69, 9.17) is 0 Å². The minimum atomic E-state index is -4.45. The molecule has 9 heteroatoms. The summed E-state index contributed by atoms with van der Waals surface area (Å²) >= 11 is 0. The van der Waals surface area contributed by atoms with Crippen molar-refractivity contribution in [3.63, 3.8) is 0 Å². The van der Waals surface area contributed by atoms with E-state index in [-0.39, 0.29) is 22.5 Å². The van der Waals surface area contributed by atoms with Crippen LogP contribution in [-0.2, 0) is 6.18 Å². The number of aromatic nitrogens is 3. The molecule has 2 aromatic heterocycles. The van der Waals surface area contributed by atoms with E-state index < -0.39 is 17.6 Å². The molecule has 3 aromatic rings. The van der Waals surface area contributed by atoms with Crippen LogP contribution in [-0.4, -0.2) is 20.4 Å². The van der Waals surface area contributed by atoms with E-state index in [2.05, 4.69) is 25.2 Å². The molecule has 0 saturated heterocycles. The van der Waals surface area contributed by atoms with Gasteiger partial charge >= 0.3 is 6.18 Å². The summed E-state index contributed by atoms with van der Waals surface area (Å²) in [6, 6.07) is 5.93. The molecule has 0 fully saturated rings. The van der Waals surface area contributed by atoms with Crippen molar-refractivity contribution in [2.45, 2.75) is 6.18 Å². The highest BCUT2D eigenvalue weighted by Crippen LogP contribution is 2.33. The third-order valence-corrected chi connectivity index (χ3v) is 2.70. The lowest BCUT2D eigenvalue weighted by molar-refractivity contribution is -0.137. The Bertz CT molecular complexity index is 801. The van der Waals surface area contributed by atoms with Crippen LogP contribution in [0.3, 0.4) is 0 Å². The van der Waals surface area contributed by atoms with Crippen LogP contribution >= 0.6 is 0 Å². The number of hydrogen-bond acceptors (Lipinski definition) is 6. The maximum atomic E-state index is 12.6. The molecule has 0 aliphatic carbocycles. The maximum absolute atomic E-state index is 12.6. The first-order chi connectivity index (χ1) is 9.93. The number of benzene rings is 1. The molecule has 6 nitrogen and oxygen atoms in total. The summed E-state index contributed by atoms with van der Waals surface area (Å²) in [5.74, 6) is -0.421.